The van der Waals surface area contributed by atoms with Gasteiger partial charge in [0.25, 0.3) is 0 Å². The first-order valence-electron chi connectivity index (χ1n) is 7.61. The molecule has 0 saturated heterocycles. The summed E-state index contributed by atoms with van der Waals surface area (Å²) in [5.41, 5.74) is 1.24. The molecule has 5 heteroatoms. The molecule has 0 spiro atoms. The summed E-state index contributed by atoms with van der Waals surface area (Å²) in [4.78, 5) is 11.4. The lowest BCUT2D eigenvalue weighted by Gasteiger charge is -2.18. The van der Waals surface area contributed by atoms with Gasteiger partial charge in [0.15, 0.2) is 9.84 Å². The number of hydrogen-bond donors (Lipinski definition) is 1. The fourth-order valence-electron chi connectivity index (χ4n) is 3.02. The fourth-order valence-corrected chi connectivity index (χ4v) is 5.30. The second-order valence-electron chi connectivity index (χ2n) is 5.12. The summed E-state index contributed by atoms with van der Waals surface area (Å²) in [6, 6.07) is 15.5. The predicted molar refractivity (Wildman–Crippen MR) is 89.2 cm³/mol. The number of aliphatic carboxylic acids is 1. The van der Waals surface area contributed by atoms with Crippen LogP contribution in [0.25, 0.3) is 0 Å². The summed E-state index contributed by atoms with van der Waals surface area (Å²) in [5.74, 6) is -1.54. The van der Waals surface area contributed by atoms with E-state index in [2.05, 4.69) is 0 Å². The van der Waals surface area contributed by atoms with Crippen molar-refractivity contribution in [2.24, 2.45) is 0 Å². The summed E-state index contributed by atoms with van der Waals surface area (Å²) in [5, 5.41) is 8.31. The van der Waals surface area contributed by atoms with Crippen LogP contribution in [0.5, 0.6) is 0 Å². The molecule has 0 amide bonds. The van der Waals surface area contributed by atoms with E-state index in [9.17, 15) is 13.2 Å². The predicted octanol–water partition coefficient (Wildman–Crippen LogP) is 3.80. The third-order valence-electron chi connectivity index (χ3n) is 3.85. The summed E-state index contributed by atoms with van der Waals surface area (Å²) in [7, 11) is -3.56. The number of fused-ring (bicyclic) bond motifs is 1. The maximum absolute atomic E-state index is 12.8. The van der Waals surface area contributed by atoms with Crippen molar-refractivity contribution in [3.8, 4) is 0 Å². The number of carbonyl (C=O) groups is 1. The quantitative estimate of drug-likeness (QED) is 0.928. The van der Waals surface area contributed by atoms with Crippen molar-refractivity contribution < 1.29 is 18.3 Å². The molecular weight excluding hydrogens is 312 g/mol. The normalized spacial score (nSPS) is 21.0. The molecule has 122 valence electrons. The van der Waals surface area contributed by atoms with Gasteiger partial charge >= 0.3 is 5.97 Å². The lowest BCUT2D eigenvalue weighted by atomic mass is 9.89. The zero-order valence-electron chi connectivity index (χ0n) is 13.1. The van der Waals surface area contributed by atoms with Crippen LogP contribution in [0.1, 0.15) is 42.6 Å². The Hall–Kier alpha value is -2.14. The molecular formula is C18H20O4S. The molecule has 0 radical (unpaired) electrons. The van der Waals surface area contributed by atoms with Gasteiger partial charge < -0.3 is 5.11 Å². The summed E-state index contributed by atoms with van der Waals surface area (Å²) in [6.45, 7) is 4.00. The van der Waals surface area contributed by atoms with Gasteiger partial charge in [0.2, 0.25) is 0 Å². The van der Waals surface area contributed by atoms with Crippen molar-refractivity contribution in [2.45, 2.75) is 36.3 Å². The third kappa shape index (κ3) is 3.15. The van der Waals surface area contributed by atoms with Crippen LogP contribution in [-0.4, -0.2) is 19.5 Å². The number of sulfone groups is 1. The van der Waals surface area contributed by atoms with Gasteiger partial charge in [-0.2, -0.15) is 0 Å². The lowest BCUT2D eigenvalue weighted by Crippen LogP contribution is -2.15. The van der Waals surface area contributed by atoms with Gasteiger partial charge in [0, 0.05) is 5.92 Å². The first-order valence-corrected chi connectivity index (χ1v) is 9.16. The highest BCUT2D eigenvalue weighted by molar-refractivity contribution is 7.92. The van der Waals surface area contributed by atoms with E-state index in [0.29, 0.717) is 11.1 Å². The zero-order chi connectivity index (χ0) is 17.0. The van der Waals surface area contributed by atoms with Gasteiger partial charge in [-0.15, -0.1) is 0 Å². The minimum absolute atomic E-state index is 0.199. The van der Waals surface area contributed by atoms with E-state index in [1.807, 2.05) is 19.9 Å². The molecule has 4 nitrogen and oxygen atoms in total. The molecule has 0 bridgehead atoms. The smallest absolute Gasteiger partial charge is 0.304 e. The van der Waals surface area contributed by atoms with Crippen molar-refractivity contribution in [3.05, 3.63) is 65.7 Å². The molecule has 2 unspecified atom stereocenters. The lowest BCUT2D eigenvalue weighted by molar-refractivity contribution is -0.137. The Balaban J connectivity index is 0.000000924. The topological polar surface area (TPSA) is 71.4 Å². The average Bonchev–Trinajstić information content (AvgIpc) is 2.78. The number of carboxylic acid groups (broad SMARTS) is 1. The van der Waals surface area contributed by atoms with Crippen LogP contribution >= 0.6 is 0 Å². The van der Waals surface area contributed by atoms with Gasteiger partial charge in [-0.3, -0.25) is 4.79 Å². The Morgan fingerprint density at radius 2 is 1.57 bits per heavy atom. The van der Waals surface area contributed by atoms with Gasteiger partial charge in [-0.25, -0.2) is 8.42 Å². The molecule has 0 saturated carbocycles. The van der Waals surface area contributed by atoms with E-state index in [1.54, 1.807) is 48.5 Å². The third-order valence-corrected chi connectivity index (χ3v) is 6.10. The Morgan fingerprint density at radius 1 is 1.00 bits per heavy atom. The van der Waals surface area contributed by atoms with E-state index in [1.165, 1.54) is 0 Å². The van der Waals surface area contributed by atoms with Crippen LogP contribution in [0.15, 0.2) is 59.5 Å². The maximum atomic E-state index is 12.8. The van der Waals surface area contributed by atoms with Crippen LogP contribution in [0, 0.1) is 0 Å². The first kappa shape index (κ1) is 17.2. The molecule has 0 fully saturated rings. The minimum atomic E-state index is -3.56. The van der Waals surface area contributed by atoms with Crippen LogP contribution in [0.3, 0.4) is 0 Å². The van der Waals surface area contributed by atoms with Crippen molar-refractivity contribution in [1.29, 1.82) is 0 Å². The molecule has 1 aliphatic rings. The molecule has 1 heterocycles. The maximum Gasteiger partial charge on any atom is 0.304 e. The van der Waals surface area contributed by atoms with Crippen molar-refractivity contribution in [1.82, 2.24) is 0 Å². The number of benzene rings is 2. The summed E-state index contributed by atoms with van der Waals surface area (Å²) < 4.78 is 25.6. The Labute approximate surface area is 136 Å². The Bertz CT molecular complexity index is 782. The van der Waals surface area contributed by atoms with Crippen molar-refractivity contribution in [2.75, 3.05) is 0 Å². The Morgan fingerprint density at radius 3 is 2.17 bits per heavy atom. The van der Waals surface area contributed by atoms with Gasteiger partial charge in [0.1, 0.15) is 0 Å². The Kier molecular flexibility index (Phi) is 5.21. The van der Waals surface area contributed by atoms with Crippen LogP contribution in [0.4, 0.5) is 0 Å². The number of rotatable bonds is 3. The van der Waals surface area contributed by atoms with E-state index in [4.69, 9.17) is 5.11 Å². The second-order valence-corrected chi connectivity index (χ2v) is 7.16. The number of hydrogen-bond acceptors (Lipinski definition) is 3. The summed E-state index contributed by atoms with van der Waals surface area (Å²) >= 11 is 0. The SMILES string of the molecule is CC.O=C(O)CC1c2ccccc2S(=O)(=O)C1c1ccccc1. The molecule has 23 heavy (non-hydrogen) atoms. The minimum Gasteiger partial charge on any atom is -0.481 e. The number of carboxylic acids is 1. The standard InChI is InChI=1S/C16H14O4S.C2H6/c17-15(18)10-13-12-8-4-5-9-14(12)21(19,20)16(13)11-6-2-1-3-7-11;1-2/h1-9,13,16H,10H2,(H,17,18);1-2H3. The zero-order valence-corrected chi connectivity index (χ0v) is 14.0. The average molecular weight is 332 g/mol. The molecule has 0 aromatic heterocycles. The van der Waals surface area contributed by atoms with Crippen molar-refractivity contribution >= 4 is 15.8 Å². The fraction of sp³-hybridized carbons (Fsp3) is 0.278. The molecule has 0 aliphatic carbocycles. The monoisotopic (exact) mass is 332 g/mol. The van der Waals surface area contributed by atoms with E-state index in [0.717, 1.165) is 0 Å². The summed E-state index contributed by atoms with van der Waals surface area (Å²) in [6.07, 6.45) is -0.199. The molecule has 1 aliphatic heterocycles. The van der Waals surface area contributed by atoms with E-state index >= 15 is 0 Å². The molecule has 1 N–H and O–H groups in total. The highest BCUT2D eigenvalue weighted by Gasteiger charge is 2.46. The van der Waals surface area contributed by atoms with Gasteiger partial charge in [0.05, 0.1) is 16.6 Å². The second kappa shape index (κ2) is 6.96. The van der Waals surface area contributed by atoms with Crippen molar-refractivity contribution in [3.63, 3.8) is 0 Å². The molecule has 3 rings (SSSR count). The molecule has 2 aromatic carbocycles. The van der Waals surface area contributed by atoms with E-state index < -0.39 is 27.0 Å². The first-order chi connectivity index (χ1) is 11.0. The highest BCUT2D eigenvalue weighted by atomic mass is 32.2. The molecule has 2 atom stereocenters. The van der Waals surface area contributed by atoms with Crippen LogP contribution in [0.2, 0.25) is 0 Å². The molecule has 2 aromatic rings. The largest absolute Gasteiger partial charge is 0.481 e. The van der Waals surface area contributed by atoms with Gasteiger partial charge in [-0.1, -0.05) is 62.4 Å². The highest BCUT2D eigenvalue weighted by Crippen LogP contribution is 2.50. The van der Waals surface area contributed by atoms with E-state index in [-0.39, 0.29) is 11.3 Å². The van der Waals surface area contributed by atoms with Crippen LogP contribution < -0.4 is 0 Å². The van der Waals surface area contributed by atoms with Crippen LogP contribution in [-0.2, 0) is 14.6 Å². The van der Waals surface area contributed by atoms with Gasteiger partial charge in [-0.05, 0) is 17.2 Å².